The summed E-state index contributed by atoms with van der Waals surface area (Å²) in [6, 6.07) is 16.9. The molecular formula is C20H16N2O3. The number of aromatic nitrogens is 1. The van der Waals surface area contributed by atoms with E-state index in [-0.39, 0.29) is 11.7 Å². The van der Waals surface area contributed by atoms with Crippen molar-refractivity contribution in [3.63, 3.8) is 0 Å². The van der Waals surface area contributed by atoms with E-state index in [1.807, 2.05) is 0 Å². The number of benzene rings is 2. The molecule has 0 aliphatic carbocycles. The second-order valence-electron chi connectivity index (χ2n) is 5.32. The zero-order valence-corrected chi connectivity index (χ0v) is 13.6. The van der Waals surface area contributed by atoms with E-state index in [1.54, 1.807) is 80.2 Å². The second-order valence-corrected chi connectivity index (χ2v) is 5.32. The number of nitrogens with one attached hydrogen (secondary N) is 1. The number of carbonyl (C=O) groups is 2. The highest BCUT2D eigenvalue weighted by atomic mass is 16.5. The summed E-state index contributed by atoms with van der Waals surface area (Å²) in [6.45, 7) is 0. The van der Waals surface area contributed by atoms with Crippen LogP contribution in [0.5, 0.6) is 5.75 Å². The van der Waals surface area contributed by atoms with Gasteiger partial charge in [0.15, 0.2) is 5.78 Å². The molecule has 5 heteroatoms. The van der Waals surface area contributed by atoms with Gasteiger partial charge in [-0.1, -0.05) is 12.1 Å². The molecule has 25 heavy (non-hydrogen) atoms. The first-order valence-corrected chi connectivity index (χ1v) is 7.67. The zero-order chi connectivity index (χ0) is 17.6. The van der Waals surface area contributed by atoms with E-state index in [4.69, 9.17) is 4.74 Å². The lowest BCUT2D eigenvalue weighted by Crippen LogP contribution is -2.12. The SMILES string of the molecule is COc1ccc(C(=O)c2ccc(C(=O)Nc3ccncc3)cc2)cc1. The van der Waals surface area contributed by atoms with Gasteiger partial charge in [-0.2, -0.15) is 0 Å². The monoisotopic (exact) mass is 332 g/mol. The molecule has 0 aliphatic heterocycles. The molecule has 0 radical (unpaired) electrons. The van der Waals surface area contributed by atoms with Crippen molar-refractivity contribution < 1.29 is 14.3 Å². The van der Waals surface area contributed by atoms with E-state index in [2.05, 4.69) is 10.3 Å². The maximum Gasteiger partial charge on any atom is 0.255 e. The average Bonchev–Trinajstić information content (AvgIpc) is 2.68. The minimum atomic E-state index is -0.241. The summed E-state index contributed by atoms with van der Waals surface area (Å²) < 4.78 is 5.09. The summed E-state index contributed by atoms with van der Waals surface area (Å²) in [5.41, 5.74) is 2.22. The number of methoxy groups -OCH3 is 1. The Bertz CT molecular complexity index is 873. The maximum atomic E-state index is 12.5. The summed E-state index contributed by atoms with van der Waals surface area (Å²) in [6.07, 6.45) is 3.21. The Balaban J connectivity index is 1.72. The molecule has 2 aromatic carbocycles. The number of pyridine rings is 1. The molecule has 1 N–H and O–H groups in total. The summed E-state index contributed by atoms with van der Waals surface area (Å²) >= 11 is 0. The molecule has 0 saturated carbocycles. The minimum absolute atomic E-state index is 0.108. The van der Waals surface area contributed by atoms with Crippen LogP contribution in [-0.4, -0.2) is 23.8 Å². The Labute approximate surface area is 145 Å². The minimum Gasteiger partial charge on any atom is -0.497 e. The summed E-state index contributed by atoms with van der Waals surface area (Å²) in [5.74, 6) is 0.345. The van der Waals surface area contributed by atoms with Gasteiger partial charge in [-0.05, 0) is 48.5 Å². The normalized spacial score (nSPS) is 10.1. The van der Waals surface area contributed by atoms with Gasteiger partial charge in [0.1, 0.15) is 5.75 Å². The third-order valence-corrected chi connectivity index (χ3v) is 3.70. The molecule has 5 nitrogen and oxygen atoms in total. The summed E-state index contributed by atoms with van der Waals surface area (Å²) in [7, 11) is 1.58. The predicted molar refractivity (Wildman–Crippen MR) is 95.1 cm³/mol. The highest BCUT2D eigenvalue weighted by Gasteiger charge is 2.11. The van der Waals surface area contributed by atoms with Gasteiger partial charge in [0.05, 0.1) is 7.11 Å². The van der Waals surface area contributed by atoms with Crippen LogP contribution >= 0.6 is 0 Å². The van der Waals surface area contributed by atoms with Crippen LogP contribution in [0.3, 0.4) is 0 Å². The topological polar surface area (TPSA) is 68.3 Å². The number of ketones is 1. The Kier molecular flexibility index (Phi) is 4.85. The molecule has 124 valence electrons. The standard InChI is InChI=1S/C20H16N2O3/c1-25-18-8-6-15(7-9-18)19(23)14-2-4-16(5-3-14)20(24)22-17-10-12-21-13-11-17/h2-13H,1H3,(H,21,22,24). The van der Waals surface area contributed by atoms with Crippen LogP contribution in [0.2, 0.25) is 0 Å². The number of rotatable bonds is 5. The van der Waals surface area contributed by atoms with Gasteiger partial charge < -0.3 is 10.1 Å². The largest absolute Gasteiger partial charge is 0.497 e. The molecule has 0 aliphatic rings. The number of hydrogen-bond donors (Lipinski definition) is 1. The fraction of sp³-hybridized carbons (Fsp3) is 0.0500. The quantitative estimate of drug-likeness (QED) is 0.725. The van der Waals surface area contributed by atoms with Gasteiger partial charge in [0.2, 0.25) is 0 Å². The van der Waals surface area contributed by atoms with E-state index >= 15 is 0 Å². The van der Waals surface area contributed by atoms with Crippen molar-refractivity contribution in [2.24, 2.45) is 0 Å². The third kappa shape index (κ3) is 3.90. The molecule has 0 spiro atoms. The van der Waals surface area contributed by atoms with Crippen LogP contribution < -0.4 is 10.1 Å². The van der Waals surface area contributed by atoms with E-state index in [0.29, 0.717) is 28.1 Å². The van der Waals surface area contributed by atoms with Gasteiger partial charge in [-0.15, -0.1) is 0 Å². The molecule has 1 heterocycles. The van der Waals surface area contributed by atoms with Crippen LogP contribution in [0.4, 0.5) is 5.69 Å². The van der Waals surface area contributed by atoms with Crippen molar-refractivity contribution in [1.82, 2.24) is 4.98 Å². The first-order valence-electron chi connectivity index (χ1n) is 7.67. The third-order valence-electron chi connectivity index (χ3n) is 3.70. The van der Waals surface area contributed by atoms with E-state index in [9.17, 15) is 9.59 Å². The van der Waals surface area contributed by atoms with Gasteiger partial charge in [0.25, 0.3) is 5.91 Å². The van der Waals surface area contributed by atoms with Crippen molar-refractivity contribution in [2.45, 2.75) is 0 Å². The van der Waals surface area contributed by atoms with Crippen molar-refractivity contribution in [2.75, 3.05) is 12.4 Å². The van der Waals surface area contributed by atoms with Crippen LogP contribution in [0.1, 0.15) is 26.3 Å². The van der Waals surface area contributed by atoms with E-state index in [1.165, 1.54) is 0 Å². The lowest BCUT2D eigenvalue weighted by Gasteiger charge is -2.06. The van der Waals surface area contributed by atoms with Crippen LogP contribution in [0.15, 0.2) is 73.1 Å². The average molecular weight is 332 g/mol. The fourth-order valence-electron chi connectivity index (χ4n) is 2.32. The van der Waals surface area contributed by atoms with E-state index in [0.717, 1.165) is 0 Å². The molecule has 0 saturated heterocycles. The highest BCUT2D eigenvalue weighted by molar-refractivity contribution is 6.10. The van der Waals surface area contributed by atoms with Crippen molar-refractivity contribution in [3.05, 3.63) is 89.7 Å². The summed E-state index contributed by atoms with van der Waals surface area (Å²) in [4.78, 5) is 28.6. The first-order chi connectivity index (χ1) is 12.2. The van der Waals surface area contributed by atoms with Gasteiger partial charge in [0, 0.05) is 34.8 Å². The molecule has 3 aromatic rings. The molecule has 3 rings (SSSR count). The number of amides is 1. The molecule has 1 amide bonds. The maximum absolute atomic E-state index is 12.5. The van der Waals surface area contributed by atoms with Gasteiger partial charge in [-0.25, -0.2) is 0 Å². The highest BCUT2D eigenvalue weighted by Crippen LogP contribution is 2.16. The molecular weight excluding hydrogens is 316 g/mol. The number of hydrogen-bond acceptors (Lipinski definition) is 4. The predicted octanol–water partition coefficient (Wildman–Crippen LogP) is 3.57. The first kappa shape index (κ1) is 16.4. The van der Waals surface area contributed by atoms with Crippen molar-refractivity contribution in [3.8, 4) is 5.75 Å². The van der Waals surface area contributed by atoms with Gasteiger partial charge in [-0.3, -0.25) is 14.6 Å². The Hall–Kier alpha value is -3.47. The number of carbonyl (C=O) groups excluding carboxylic acids is 2. The molecule has 0 bridgehead atoms. The molecule has 0 unspecified atom stereocenters. The molecule has 1 aromatic heterocycles. The molecule has 0 fully saturated rings. The zero-order valence-electron chi connectivity index (χ0n) is 13.6. The van der Waals surface area contributed by atoms with Gasteiger partial charge >= 0.3 is 0 Å². The van der Waals surface area contributed by atoms with Crippen LogP contribution in [-0.2, 0) is 0 Å². The van der Waals surface area contributed by atoms with Crippen LogP contribution in [0, 0.1) is 0 Å². The van der Waals surface area contributed by atoms with Crippen molar-refractivity contribution >= 4 is 17.4 Å². The van der Waals surface area contributed by atoms with Crippen LogP contribution in [0.25, 0.3) is 0 Å². The van der Waals surface area contributed by atoms with Crippen molar-refractivity contribution in [1.29, 1.82) is 0 Å². The number of anilines is 1. The Morgan fingerprint density at radius 2 is 1.32 bits per heavy atom. The number of nitrogens with zero attached hydrogens (tertiary/aromatic N) is 1. The smallest absolute Gasteiger partial charge is 0.255 e. The van der Waals surface area contributed by atoms with E-state index < -0.39 is 0 Å². The Morgan fingerprint density at radius 3 is 1.88 bits per heavy atom. The lowest BCUT2D eigenvalue weighted by atomic mass is 10.0. The lowest BCUT2D eigenvalue weighted by molar-refractivity contribution is 0.102. The fourth-order valence-corrected chi connectivity index (χ4v) is 2.32. The summed E-state index contributed by atoms with van der Waals surface area (Å²) in [5, 5.41) is 2.77. The molecule has 0 atom stereocenters. The second kappa shape index (κ2) is 7.40. The number of ether oxygens (including phenoxy) is 1. The Morgan fingerprint density at radius 1 is 0.800 bits per heavy atom.